The van der Waals surface area contributed by atoms with Crippen LogP contribution in [0, 0.1) is 0 Å². The van der Waals surface area contributed by atoms with Gasteiger partial charge in [-0.1, -0.05) is 90.4 Å². The van der Waals surface area contributed by atoms with E-state index in [1.807, 2.05) is 0 Å². The molecule has 0 radical (unpaired) electrons. The second kappa shape index (κ2) is 20.3. The third-order valence-corrected chi connectivity index (χ3v) is 4.78. The van der Waals surface area contributed by atoms with Crippen molar-refractivity contribution in [3.8, 4) is 0 Å². The van der Waals surface area contributed by atoms with Crippen LogP contribution in [0.2, 0.25) is 0 Å². The molecule has 4 heteroatoms. The van der Waals surface area contributed by atoms with Crippen LogP contribution in [0.5, 0.6) is 0 Å². The lowest BCUT2D eigenvalue weighted by Gasteiger charge is -2.05. The number of esters is 1. The maximum atomic E-state index is 11.6. The molecule has 0 bridgehead atoms. The van der Waals surface area contributed by atoms with Gasteiger partial charge in [0.15, 0.2) is 0 Å². The van der Waals surface area contributed by atoms with Crippen molar-refractivity contribution in [2.45, 2.75) is 122 Å². The van der Waals surface area contributed by atoms with Crippen molar-refractivity contribution in [3.63, 3.8) is 0 Å². The molecule has 154 valence electrons. The van der Waals surface area contributed by atoms with Crippen LogP contribution in [0.15, 0.2) is 0 Å². The first-order chi connectivity index (χ1) is 12.7. The highest BCUT2D eigenvalue weighted by molar-refractivity contribution is 5.69. The fourth-order valence-corrected chi connectivity index (χ4v) is 3.10. The molecule has 1 N–H and O–H groups in total. The second-order valence-electron chi connectivity index (χ2n) is 7.42. The molecule has 0 heterocycles. The molecule has 0 fully saturated rings. The number of carbonyl (C=O) groups is 2. The number of rotatable bonds is 20. The Bertz CT molecular complexity index is 328. The number of unbranched alkanes of at least 4 members (excludes halogenated alkanes) is 14. The minimum atomic E-state index is -0.726. The van der Waals surface area contributed by atoms with Crippen molar-refractivity contribution in [1.29, 1.82) is 0 Å². The van der Waals surface area contributed by atoms with Gasteiger partial charge >= 0.3 is 11.9 Å². The molecule has 0 aromatic rings. The lowest BCUT2D eigenvalue weighted by molar-refractivity contribution is -0.144. The lowest BCUT2D eigenvalue weighted by atomic mass is 10.1. The molecule has 0 aromatic carbocycles. The minimum Gasteiger partial charge on any atom is -0.481 e. The molecule has 0 saturated heterocycles. The van der Waals surface area contributed by atoms with E-state index in [2.05, 4.69) is 6.92 Å². The molecule has 0 aromatic heterocycles. The zero-order valence-electron chi connectivity index (χ0n) is 17.1. The quantitative estimate of drug-likeness (QED) is 0.192. The molecule has 0 aliphatic carbocycles. The first kappa shape index (κ1) is 24.9. The largest absolute Gasteiger partial charge is 0.481 e. The number of hydrogen-bond acceptors (Lipinski definition) is 3. The van der Waals surface area contributed by atoms with Gasteiger partial charge in [0.1, 0.15) is 0 Å². The molecule has 0 saturated carbocycles. The van der Waals surface area contributed by atoms with Crippen LogP contribution in [-0.2, 0) is 14.3 Å². The Labute approximate surface area is 161 Å². The topological polar surface area (TPSA) is 63.6 Å². The Morgan fingerprint density at radius 2 is 1.04 bits per heavy atom. The van der Waals surface area contributed by atoms with E-state index in [1.165, 1.54) is 57.8 Å². The third kappa shape index (κ3) is 21.0. The fourth-order valence-electron chi connectivity index (χ4n) is 3.10. The zero-order chi connectivity index (χ0) is 19.3. The Balaban J connectivity index is 3.16. The smallest absolute Gasteiger partial charge is 0.305 e. The number of carboxylic acids is 1. The number of ether oxygens (including phenoxy) is 1. The summed E-state index contributed by atoms with van der Waals surface area (Å²) >= 11 is 0. The van der Waals surface area contributed by atoms with E-state index >= 15 is 0 Å². The van der Waals surface area contributed by atoms with Crippen LogP contribution in [-0.4, -0.2) is 23.7 Å². The van der Waals surface area contributed by atoms with Crippen LogP contribution in [0.25, 0.3) is 0 Å². The number of carbonyl (C=O) groups excluding carboxylic acids is 1. The minimum absolute atomic E-state index is 0.0809. The van der Waals surface area contributed by atoms with Gasteiger partial charge in [0.05, 0.1) is 6.61 Å². The van der Waals surface area contributed by atoms with Gasteiger partial charge in [-0.05, 0) is 19.3 Å². The molecule has 26 heavy (non-hydrogen) atoms. The number of carboxylic acid groups (broad SMARTS) is 1. The van der Waals surface area contributed by atoms with Crippen molar-refractivity contribution in [2.75, 3.05) is 6.61 Å². The first-order valence-corrected chi connectivity index (χ1v) is 11.0. The monoisotopic (exact) mass is 370 g/mol. The van der Waals surface area contributed by atoms with E-state index in [9.17, 15) is 9.59 Å². The zero-order valence-corrected chi connectivity index (χ0v) is 17.1. The number of aliphatic carboxylic acids is 1. The van der Waals surface area contributed by atoms with E-state index in [-0.39, 0.29) is 12.4 Å². The van der Waals surface area contributed by atoms with Gasteiger partial charge in [0, 0.05) is 12.8 Å². The van der Waals surface area contributed by atoms with Gasteiger partial charge in [0.25, 0.3) is 0 Å². The molecule has 0 spiro atoms. The lowest BCUT2D eigenvalue weighted by Crippen LogP contribution is -2.05. The normalized spacial score (nSPS) is 10.8. The van der Waals surface area contributed by atoms with Crippen LogP contribution in [0.4, 0.5) is 0 Å². The highest BCUT2D eigenvalue weighted by Crippen LogP contribution is 2.12. The molecule has 4 nitrogen and oxygen atoms in total. The van der Waals surface area contributed by atoms with Crippen LogP contribution >= 0.6 is 0 Å². The summed E-state index contributed by atoms with van der Waals surface area (Å²) in [7, 11) is 0. The highest BCUT2D eigenvalue weighted by atomic mass is 16.5. The summed E-state index contributed by atoms with van der Waals surface area (Å²) in [5.41, 5.74) is 0. The molecule has 0 aliphatic heterocycles. The van der Waals surface area contributed by atoms with Gasteiger partial charge in [-0.25, -0.2) is 0 Å². The van der Waals surface area contributed by atoms with E-state index < -0.39 is 5.97 Å². The Kier molecular flexibility index (Phi) is 19.4. The van der Waals surface area contributed by atoms with Gasteiger partial charge in [-0.2, -0.15) is 0 Å². The van der Waals surface area contributed by atoms with E-state index in [4.69, 9.17) is 9.84 Å². The Hall–Kier alpha value is -1.06. The predicted octanol–water partition coefficient (Wildman–Crippen LogP) is 6.66. The summed E-state index contributed by atoms with van der Waals surface area (Å²) in [5.74, 6) is -0.807. The highest BCUT2D eigenvalue weighted by Gasteiger charge is 2.03. The summed E-state index contributed by atoms with van der Waals surface area (Å²) in [5, 5.41) is 8.54. The van der Waals surface area contributed by atoms with Gasteiger partial charge < -0.3 is 9.84 Å². The molecular weight excluding hydrogens is 328 g/mol. The molecular formula is C22H42O4. The second-order valence-corrected chi connectivity index (χ2v) is 7.42. The summed E-state index contributed by atoms with van der Waals surface area (Å²) in [4.78, 5) is 22.0. The Morgan fingerprint density at radius 3 is 1.54 bits per heavy atom. The summed E-state index contributed by atoms with van der Waals surface area (Å²) in [6.45, 7) is 2.82. The summed E-state index contributed by atoms with van der Waals surface area (Å²) < 4.78 is 5.27. The fraction of sp³-hybridized carbons (Fsp3) is 0.909. The maximum absolute atomic E-state index is 11.6. The van der Waals surface area contributed by atoms with Crippen LogP contribution < -0.4 is 0 Å². The standard InChI is InChI=1S/C22H42O4/c1-2-3-4-5-6-7-8-9-10-14-17-20-26-22(25)19-16-13-11-12-15-18-21(23)24/h2-20H2,1H3,(H,23,24). The average Bonchev–Trinajstić information content (AvgIpc) is 2.61. The van der Waals surface area contributed by atoms with Gasteiger partial charge in [0.2, 0.25) is 0 Å². The first-order valence-electron chi connectivity index (χ1n) is 11.0. The predicted molar refractivity (Wildman–Crippen MR) is 107 cm³/mol. The van der Waals surface area contributed by atoms with Gasteiger partial charge in [-0.15, -0.1) is 0 Å². The molecule has 0 atom stereocenters. The third-order valence-electron chi connectivity index (χ3n) is 4.78. The summed E-state index contributed by atoms with van der Waals surface area (Å²) in [6.07, 6.45) is 19.5. The van der Waals surface area contributed by atoms with E-state index in [0.717, 1.165) is 44.9 Å². The molecule has 0 amide bonds. The van der Waals surface area contributed by atoms with E-state index in [0.29, 0.717) is 13.0 Å². The molecule has 0 rings (SSSR count). The van der Waals surface area contributed by atoms with Gasteiger partial charge in [-0.3, -0.25) is 9.59 Å². The van der Waals surface area contributed by atoms with Crippen molar-refractivity contribution >= 4 is 11.9 Å². The average molecular weight is 371 g/mol. The maximum Gasteiger partial charge on any atom is 0.305 e. The van der Waals surface area contributed by atoms with Crippen molar-refractivity contribution < 1.29 is 19.4 Å². The van der Waals surface area contributed by atoms with Crippen LogP contribution in [0.3, 0.4) is 0 Å². The number of hydrogen-bond donors (Lipinski definition) is 1. The van der Waals surface area contributed by atoms with Crippen molar-refractivity contribution in [1.82, 2.24) is 0 Å². The van der Waals surface area contributed by atoms with Crippen molar-refractivity contribution in [2.24, 2.45) is 0 Å². The Morgan fingerprint density at radius 1 is 0.615 bits per heavy atom. The van der Waals surface area contributed by atoms with Crippen molar-refractivity contribution in [3.05, 3.63) is 0 Å². The summed E-state index contributed by atoms with van der Waals surface area (Å²) in [6, 6.07) is 0. The van der Waals surface area contributed by atoms with E-state index in [1.54, 1.807) is 0 Å². The molecule has 0 unspecified atom stereocenters. The molecule has 0 aliphatic rings. The van der Waals surface area contributed by atoms with Crippen LogP contribution in [0.1, 0.15) is 122 Å². The SMILES string of the molecule is CCCCCCCCCCCCCOC(=O)CCCCCCCC(=O)O.